The minimum Gasteiger partial charge on any atom is -0.464 e. The molecule has 23 heavy (non-hydrogen) atoms. The molecule has 2 aromatic heterocycles. The Morgan fingerprint density at radius 3 is 2.61 bits per heavy atom. The number of fused-ring (bicyclic) bond motifs is 1. The van der Waals surface area contributed by atoms with Gasteiger partial charge in [-0.15, -0.1) is 0 Å². The van der Waals surface area contributed by atoms with Gasteiger partial charge in [0, 0.05) is 38.9 Å². The Kier molecular flexibility index (Phi) is 3.99. The summed E-state index contributed by atoms with van der Waals surface area (Å²) in [5, 5.41) is 1.12. The molecule has 0 bridgehead atoms. The van der Waals surface area contributed by atoms with E-state index in [1.54, 1.807) is 6.26 Å². The molecule has 4 heteroatoms. The van der Waals surface area contributed by atoms with Gasteiger partial charge in [0.15, 0.2) is 0 Å². The number of aromatic nitrogens is 1. The van der Waals surface area contributed by atoms with E-state index in [4.69, 9.17) is 4.42 Å². The van der Waals surface area contributed by atoms with Gasteiger partial charge in [-0.05, 0) is 24.1 Å². The summed E-state index contributed by atoms with van der Waals surface area (Å²) in [7, 11) is 0. The van der Waals surface area contributed by atoms with E-state index in [2.05, 4.69) is 45.1 Å². The highest BCUT2D eigenvalue weighted by molar-refractivity contribution is 5.88. The first kappa shape index (κ1) is 14.3. The number of furan rings is 1. The maximum Gasteiger partial charge on any atom is 0.139 e. The van der Waals surface area contributed by atoms with Crippen LogP contribution in [0.4, 0.5) is 5.82 Å². The minimum absolute atomic E-state index is 0.918. The Balaban J connectivity index is 1.37. The van der Waals surface area contributed by atoms with Gasteiger partial charge in [-0.1, -0.05) is 30.3 Å². The van der Waals surface area contributed by atoms with E-state index in [1.165, 1.54) is 5.56 Å². The molecule has 3 aromatic rings. The zero-order valence-electron chi connectivity index (χ0n) is 13.2. The lowest BCUT2D eigenvalue weighted by atomic mass is 10.1. The molecule has 0 spiro atoms. The summed E-state index contributed by atoms with van der Waals surface area (Å²) in [6.45, 7) is 5.34. The number of hydrogen-bond donors (Lipinski definition) is 0. The topological polar surface area (TPSA) is 32.5 Å². The van der Waals surface area contributed by atoms with Crippen molar-refractivity contribution in [2.45, 2.75) is 6.42 Å². The van der Waals surface area contributed by atoms with Gasteiger partial charge >= 0.3 is 0 Å². The third kappa shape index (κ3) is 3.08. The van der Waals surface area contributed by atoms with E-state index in [9.17, 15) is 0 Å². The van der Waals surface area contributed by atoms with E-state index in [0.29, 0.717) is 0 Å². The highest BCUT2D eigenvalue weighted by Gasteiger charge is 2.19. The number of piperazine rings is 1. The van der Waals surface area contributed by atoms with Crippen LogP contribution in [-0.4, -0.2) is 42.6 Å². The third-order valence-electron chi connectivity index (χ3n) is 4.59. The van der Waals surface area contributed by atoms with Gasteiger partial charge in [0.05, 0.1) is 11.6 Å². The van der Waals surface area contributed by atoms with Gasteiger partial charge in [-0.3, -0.25) is 4.90 Å². The van der Waals surface area contributed by atoms with Gasteiger partial charge in [-0.25, -0.2) is 4.98 Å². The molecule has 1 fully saturated rings. The Morgan fingerprint density at radius 1 is 0.957 bits per heavy atom. The third-order valence-corrected chi connectivity index (χ3v) is 4.59. The molecule has 1 aliphatic rings. The summed E-state index contributed by atoms with van der Waals surface area (Å²) in [6, 6.07) is 14.7. The first-order chi connectivity index (χ1) is 11.4. The molecule has 3 heterocycles. The molecule has 0 atom stereocenters. The van der Waals surface area contributed by atoms with E-state index in [-0.39, 0.29) is 0 Å². The van der Waals surface area contributed by atoms with Crippen LogP contribution in [-0.2, 0) is 6.42 Å². The first-order valence-electron chi connectivity index (χ1n) is 8.23. The van der Waals surface area contributed by atoms with Gasteiger partial charge in [0.25, 0.3) is 0 Å². The van der Waals surface area contributed by atoms with E-state index < -0.39 is 0 Å². The van der Waals surface area contributed by atoms with E-state index in [1.807, 2.05) is 18.3 Å². The fraction of sp³-hybridized carbons (Fsp3) is 0.316. The van der Waals surface area contributed by atoms with E-state index in [0.717, 1.165) is 55.9 Å². The zero-order valence-corrected chi connectivity index (χ0v) is 13.2. The molecule has 0 saturated carbocycles. The average Bonchev–Trinajstić information content (AvgIpc) is 3.10. The number of rotatable bonds is 4. The summed E-state index contributed by atoms with van der Waals surface area (Å²) in [5.41, 5.74) is 2.33. The van der Waals surface area contributed by atoms with Crippen LogP contribution in [0, 0.1) is 0 Å². The van der Waals surface area contributed by atoms with Crippen molar-refractivity contribution in [3.05, 3.63) is 60.5 Å². The fourth-order valence-corrected chi connectivity index (χ4v) is 3.25. The summed E-state index contributed by atoms with van der Waals surface area (Å²) in [5.74, 6) is 1.05. The number of nitrogens with zero attached hydrogens (tertiary/aromatic N) is 3. The molecule has 0 aliphatic carbocycles. The predicted octanol–water partition coefficient (Wildman–Crippen LogP) is 3.19. The van der Waals surface area contributed by atoms with Crippen molar-refractivity contribution in [2.75, 3.05) is 37.6 Å². The summed E-state index contributed by atoms with van der Waals surface area (Å²) in [4.78, 5) is 9.48. The molecule has 4 rings (SSSR count). The normalized spacial score (nSPS) is 16.1. The highest BCUT2D eigenvalue weighted by atomic mass is 16.3. The Labute approximate surface area is 136 Å². The summed E-state index contributed by atoms with van der Waals surface area (Å²) >= 11 is 0. The van der Waals surface area contributed by atoms with Gasteiger partial charge < -0.3 is 9.32 Å². The number of benzene rings is 1. The molecule has 0 unspecified atom stereocenters. The quantitative estimate of drug-likeness (QED) is 0.741. The van der Waals surface area contributed by atoms with Crippen LogP contribution in [0.2, 0.25) is 0 Å². The van der Waals surface area contributed by atoms with Crippen LogP contribution >= 0.6 is 0 Å². The Bertz CT molecular complexity index is 760. The fourth-order valence-electron chi connectivity index (χ4n) is 3.25. The molecule has 4 nitrogen and oxygen atoms in total. The smallest absolute Gasteiger partial charge is 0.139 e. The van der Waals surface area contributed by atoms with Crippen molar-refractivity contribution in [1.29, 1.82) is 0 Å². The monoisotopic (exact) mass is 307 g/mol. The maximum atomic E-state index is 5.48. The molecule has 1 aromatic carbocycles. The largest absolute Gasteiger partial charge is 0.464 e. The SMILES string of the molecule is c1ccc(CCN2CCN(c3nccc4occc34)CC2)cc1. The standard InChI is InChI=1S/C19H21N3O/c1-2-4-16(5-3-1)7-10-21-11-13-22(14-12-21)19-17-8-15-23-18(17)6-9-20-19/h1-6,8-9,15H,7,10-14H2. The van der Waals surface area contributed by atoms with Crippen LogP contribution in [0.5, 0.6) is 0 Å². The number of anilines is 1. The maximum absolute atomic E-state index is 5.48. The lowest BCUT2D eigenvalue weighted by Crippen LogP contribution is -2.47. The zero-order chi connectivity index (χ0) is 15.5. The second-order valence-electron chi connectivity index (χ2n) is 6.03. The predicted molar refractivity (Wildman–Crippen MR) is 92.8 cm³/mol. The van der Waals surface area contributed by atoms with Crippen LogP contribution < -0.4 is 4.90 Å². The van der Waals surface area contributed by atoms with Crippen LogP contribution in [0.25, 0.3) is 11.0 Å². The molecule has 0 amide bonds. The van der Waals surface area contributed by atoms with Crippen LogP contribution in [0.3, 0.4) is 0 Å². The number of pyridine rings is 1. The molecular weight excluding hydrogens is 286 g/mol. The average molecular weight is 307 g/mol. The second kappa shape index (κ2) is 6.42. The molecular formula is C19H21N3O. The lowest BCUT2D eigenvalue weighted by molar-refractivity contribution is 0.260. The molecule has 0 radical (unpaired) electrons. The van der Waals surface area contributed by atoms with Crippen molar-refractivity contribution in [2.24, 2.45) is 0 Å². The Morgan fingerprint density at radius 2 is 1.78 bits per heavy atom. The number of hydrogen-bond acceptors (Lipinski definition) is 4. The van der Waals surface area contributed by atoms with Gasteiger partial charge in [0.1, 0.15) is 11.4 Å². The first-order valence-corrected chi connectivity index (χ1v) is 8.23. The van der Waals surface area contributed by atoms with Crippen molar-refractivity contribution in [3.63, 3.8) is 0 Å². The van der Waals surface area contributed by atoms with Crippen LogP contribution in [0.15, 0.2) is 59.3 Å². The second-order valence-corrected chi connectivity index (χ2v) is 6.03. The highest BCUT2D eigenvalue weighted by Crippen LogP contribution is 2.25. The summed E-state index contributed by atoms with van der Waals surface area (Å²) < 4.78 is 5.48. The molecule has 0 N–H and O–H groups in total. The van der Waals surface area contributed by atoms with E-state index >= 15 is 0 Å². The molecule has 118 valence electrons. The van der Waals surface area contributed by atoms with Crippen molar-refractivity contribution in [3.8, 4) is 0 Å². The van der Waals surface area contributed by atoms with Gasteiger partial charge in [-0.2, -0.15) is 0 Å². The van der Waals surface area contributed by atoms with Crippen LogP contribution in [0.1, 0.15) is 5.56 Å². The van der Waals surface area contributed by atoms with Gasteiger partial charge in [0.2, 0.25) is 0 Å². The minimum atomic E-state index is 0.918. The molecule has 1 saturated heterocycles. The lowest BCUT2D eigenvalue weighted by Gasteiger charge is -2.35. The van der Waals surface area contributed by atoms with Crippen molar-refractivity contribution >= 4 is 16.8 Å². The van der Waals surface area contributed by atoms with Crippen molar-refractivity contribution < 1.29 is 4.42 Å². The Hall–Kier alpha value is -2.33. The van der Waals surface area contributed by atoms with Crippen molar-refractivity contribution in [1.82, 2.24) is 9.88 Å². The molecule has 1 aliphatic heterocycles. The summed E-state index contributed by atoms with van der Waals surface area (Å²) in [6.07, 6.45) is 4.70.